The lowest BCUT2D eigenvalue weighted by atomic mass is 9.90. The van der Waals surface area contributed by atoms with Crippen LogP contribution in [0.3, 0.4) is 0 Å². The number of amides is 1. The molecule has 0 radical (unpaired) electrons. The molecule has 1 N–H and O–H groups in total. The molecule has 18 heavy (non-hydrogen) atoms. The summed E-state index contributed by atoms with van der Waals surface area (Å²) in [5.41, 5.74) is -1.51. The number of carbonyl (C=O) groups excluding carboxylic acids is 1. The number of carbonyl (C=O) groups is 2. The molecule has 1 rings (SSSR count). The van der Waals surface area contributed by atoms with Crippen molar-refractivity contribution in [1.82, 2.24) is 4.90 Å². The van der Waals surface area contributed by atoms with E-state index in [1.54, 1.807) is 27.7 Å². The second kappa shape index (κ2) is 4.74. The van der Waals surface area contributed by atoms with Crippen LogP contribution in [0.15, 0.2) is 0 Å². The van der Waals surface area contributed by atoms with Gasteiger partial charge in [-0.1, -0.05) is 6.92 Å². The van der Waals surface area contributed by atoms with E-state index in [9.17, 15) is 14.0 Å². The van der Waals surface area contributed by atoms with Gasteiger partial charge in [-0.2, -0.15) is 0 Å². The van der Waals surface area contributed by atoms with Gasteiger partial charge in [0.2, 0.25) is 0 Å². The number of halogens is 1. The highest BCUT2D eigenvalue weighted by Crippen LogP contribution is 2.35. The second-order valence-electron chi connectivity index (χ2n) is 6.11. The molecule has 6 heteroatoms. The maximum absolute atomic E-state index is 12.9. The van der Waals surface area contributed by atoms with Crippen molar-refractivity contribution in [2.75, 3.05) is 13.2 Å². The van der Waals surface area contributed by atoms with Crippen molar-refractivity contribution in [3.05, 3.63) is 0 Å². The van der Waals surface area contributed by atoms with Gasteiger partial charge in [-0.3, -0.25) is 9.29 Å². The summed E-state index contributed by atoms with van der Waals surface area (Å²) in [5.74, 6) is -1.13. The highest BCUT2D eigenvalue weighted by Gasteiger charge is 2.47. The summed E-state index contributed by atoms with van der Waals surface area (Å²) >= 11 is 0. The molecular weight excluding hydrogens is 241 g/mol. The Labute approximate surface area is 106 Å². The fourth-order valence-electron chi connectivity index (χ4n) is 1.99. The van der Waals surface area contributed by atoms with E-state index >= 15 is 0 Å². The zero-order valence-corrected chi connectivity index (χ0v) is 11.2. The second-order valence-corrected chi connectivity index (χ2v) is 6.11. The minimum atomic E-state index is -1.13. The molecule has 1 heterocycles. The van der Waals surface area contributed by atoms with Gasteiger partial charge in [0.05, 0.1) is 6.67 Å². The van der Waals surface area contributed by atoms with Gasteiger partial charge in [0, 0.05) is 12.0 Å². The van der Waals surface area contributed by atoms with E-state index in [0.29, 0.717) is 0 Å². The van der Waals surface area contributed by atoms with Crippen molar-refractivity contribution >= 4 is 12.1 Å². The van der Waals surface area contributed by atoms with E-state index < -0.39 is 35.8 Å². The Kier molecular flexibility index (Phi) is 3.88. The van der Waals surface area contributed by atoms with Gasteiger partial charge in [-0.25, -0.2) is 9.59 Å². The number of nitrogens with zero attached hydrogens (tertiary/aromatic N) is 1. The van der Waals surface area contributed by atoms with Gasteiger partial charge >= 0.3 is 12.1 Å². The first-order valence-corrected chi connectivity index (χ1v) is 5.86. The number of aliphatic carboxylic acids is 1. The van der Waals surface area contributed by atoms with Crippen LogP contribution in [0.25, 0.3) is 0 Å². The molecule has 0 aromatic heterocycles. The third-order valence-electron chi connectivity index (χ3n) is 2.85. The summed E-state index contributed by atoms with van der Waals surface area (Å²) < 4.78 is 18.1. The van der Waals surface area contributed by atoms with Gasteiger partial charge in [-0.05, 0) is 27.2 Å². The van der Waals surface area contributed by atoms with Crippen molar-refractivity contribution in [2.45, 2.75) is 45.8 Å². The van der Waals surface area contributed by atoms with E-state index in [1.165, 1.54) is 0 Å². The van der Waals surface area contributed by atoms with Crippen molar-refractivity contribution in [2.24, 2.45) is 5.41 Å². The highest BCUT2D eigenvalue weighted by atomic mass is 19.1. The number of rotatable bonds is 2. The standard InChI is InChI=1S/C12H20FNO4/c1-11(2,3)18-10(17)14-7-12(4,6-13)5-8(14)9(15)16/h8H,5-7H2,1-4H3,(H,15,16). The van der Waals surface area contributed by atoms with E-state index in [1.807, 2.05) is 0 Å². The first kappa shape index (κ1) is 14.7. The Balaban J connectivity index is 2.85. The molecule has 0 spiro atoms. The predicted octanol–water partition coefficient (Wildman–Crippen LogP) is 2.06. The van der Waals surface area contributed by atoms with Crippen LogP contribution < -0.4 is 0 Å². The van der Waals surface area contributed by atoms with Crippen LogP contribution in [0, 0.1) is 5.41 Å². The molecule has 0 aromatic rings. The number of hydrogen-bond donors (Lipinski definition) is 1. The van der Waals surface area contributed by atoms with Crippen LogP contribution in [0.4, 0.5) is 9.18 Å². The molecule has 1 saturated heterocycles. The van der Waals surface area contributed by atoms with Gasteiger partial charge in [0.15, 0.2) is 0 Å². The summed E-state index contributed by atoms with van der Waals surface area (Å²) in [6, 6.07) is -1.01. The monoisotopic (exact) mass is 261 g/mol. The Hall–Kier alpha value is -1.33. The van der Waals surface area contributed by atoms with Gasteiger partial charge < -0.3 is 9.84 Å². The van der Waals surface area contributed by atoms with Crippen LogP contribution in [-0.4, -0.2) is 46.9 Å². The Bertz CT molecular complexity index is 352. The zero-order chi connectivity index (χ0) is 14.1. The molecule has 2 atom stereocenters. The number of alkyl halides is 1. The van der Waals surface area contributed by atoms with Crippen LogP contribution in [-0.2, 0) is 9.53 Å². The number of ether oxygens (including phenoxy) is 1. The zero-order valence-electron chi connectivity index (χ0n) is 11.2. The Morgan fingerprint density at radius 1 is 1.50 bits per heavy atom. The van der Waals surface area contributed by atoms with Gasteiger partial charge in [-0.15, -0.1) is 0 Å². The Morgan fingerprint density at radius 3 is 2.44 bits per heavy atom. The highest BCUT2D eigenvalue weighted by molar-refractivity contribution is 5.81. The van der Waals surface area contributed by atoms with Crippen LogP contribution >= 0.6 is 0 Å². The van der Waals surface area contributed by atoms with Crippen molar-refractivity contribution in [3.63, 3.8) is 0 Å². The average molecular weight is 261 g/mol. The number of hydrogen-bond acceptors (Lipinski definition) is 3. The normalized spacial score (nSPS) is 28.3. The SMILES string of the molecule is CC1(CF)CC(C(=O)O)N(C(=O)OC(C)(C)C)C1. The van der Waals surface area contributed by atoms with Gasteiger partial charge in [0.25, 0.3) is 0 Å². The van der Waals surface area contributed by atoms with Crippen LogP contribution in [0.2, 0.25) is 0 Å². The van der Waals surface area contributed by atoms with E-state index in [4.69, 9.17) is 9.84 Å². The molecule has 104 valence electrons. The topological polar surface area (TPSA) is 66.8 Å². The summed E-state index contributed by atoms with van der Waals surface area (Å²) in [7, 11) is 0. The number of likely N-dealkylation sites (tertiary alicyclic amines) is 1. The molecule has 2 unspecified atom stereocenters. The van der Waals surface area contributed by atoms with Crippen LogP contribution in [0.1, 0.15) is 34.1 Å². The van der Waals surface area contributed by atoms with E-state index in [2.05, 4.69) is 0 Å². The molecule has 1 aliphatic rings. The molecule has 1 amide bonds. The third kappa shape index (κ3) is 3.34. The van der Waals surface area contributed by atoms with Crippen molar-refractivity contribution < 1.29 is 23.8 Å². The quantitative estimate of drug-likeness (QED) is 0.826. The fraction of sp³-hybridized carbons (Fsp3) is 0.833. The molecule has 0 bridgehead atoms. The third-order valence-corrected chi connectivity index (χ3v) is 2.85. The maximum Gasteiger partial charge on any atom is 0.411 e. The Morgan fingerprint density at radius 2 is 2.06 bits per heavy atom. The lowest BCUT2D eigenvalue weighted by Gasteiger charge is -2.27. The van der Waals surface area contributed by atoms with E-state index in [-0.39, 0.29) is 13.0 Å². The lowest BCUT2D eigenvalue weighted by Crippen LogP contribution is -2.43. The molecule has 5 nitrogen and oxygen atoms in total. The summed E-state index contributed by atoms with van der Waals surface area (Å²) in [4.78, 5) is 24.1. The first-order chi connectivity index (χ1) is 8.08. The minimum Gasteiger partial charge on any atom is -0.480 e. The summed E-state index contributed by atoms with van der Waals surface area (Å²) in [5, 5.41) is 9.09. The average Bonchev–Trinajstić information content (AvgIpc) is 2.55. The van der Waals surface area contributed by atoms with Crippen LogP contribution in [0.5, 0.6) is 0 Å². The molecule has 0 aromatic carbocycles. The number of carboxylic acid groups (broad SMARTS) is 1. The van der Waals surface area contributed by atoms with E-state index in [0.717, 1.165) is 4.90 Å². The summed E-state index contributed by atoms with van der Waals surface area (Å²) in [6.07, 6.45) is -0.593. The molecule has 1 fully saturated rings. The van der Waals surface area contributed by atoms with Gasteiger partial charge in [0.1, 0.15) is 11.6 Å². The molecule has 0 saturated carbocycles. The predicted molar refractivity (Wildman–Crippen MR) is 63.1 cm³/mol. The lowest BCUT2D eigenvalue weighted by molar-refractivity contribution is -0.142. The first-order valence-electron chi connectivity index (χ1n) is 5.86. The fourth-order valence-corrected chi connectivity index (χ4v) is 1.99. The molecular formula is C12H20FNO4. The largest absolute Gasteiger partial charge is 0.480 e. The smallest absolute Gasteiger partial charge is 0.411 e. The minimum absolute atomic E-state index is 0.0649. The van der Waals surface area contributed by atoms with Crippen molar-refractivity contribution in [3.8, 4) is 0 Å². The molecule has 1 aliphatic heterocycles. The number of carboxylic acids is 1. The molecule has 0 aliphatic carbocycles. The maximum atomic E-state index is 12.9. The van der Waals surface area contributed by atoms with Crippen molar-refractivity contribution in [1.29, 1.82) is 0 Å². The summed E-state index contributed by atoms with van der Waals surface area (Å²) in [6.45, 7) is 6.14.